The molecule has 1 aromatic heterocycles. The van der Waals surface area contributed by atoms with Crippen molar-refractivity contribution in [2.45, 2.75) is 38.3 Å². The molecule has 4 nitrogen and oxygen atoms in total. The van der Waals surface area contributed by atoms with Crippen LogP contribution < -0.4 is 10.6 Å². The molecule has 19 heavy (non-hydrogen) atoms. The fourth-order valence-electron chi connectivity index (χ4n) is 2.12. The summed E-state index contributed by atoms with van der Waals surface area (Å²) in [5, 5.41) is 6.24. The number of amides is 1. The Bertz CT molecular complexity index is 381. The van der Waals surface area contributed by atoms with Crippen molar-refractivity contribution in [3.8, 4) is 0 Å². The van der Waals surface area contributed by atoms with Crippen molar-refractivity contribution in [3.63, 3.8) is 0 Å². The predicted octanol–water partition coefficient (Wildman–Crippen LogP) is 2.07. The Labute approximate surface area is 126 Å². The van der Waals surface area contributed by atoms with E-state index in [0.29, 0.717) is 6.54 Å². The molecule has 1 aromatic rings. The summed E-state index contributed by atoms with van der Waals surface area (Å²) >= 11 is 0. The summed E-state index contributed by atoms with van der Waals surface area (Å²) in [7, 11) is 0. The number of carbonyl (C=O) groups excluding carboxylic acids is 1. The van der Waals surface area contributed by atoms with Gasteiger partial charge in [-0.15, -0.1) is 24.8 Å². The van der Waals surface area contributed by atoms with E-state index in [1.54, 1.807) is 6.20 Å². The van der Waals surface area contributed by atoms with E-state index in [9.17, 15) is 4.79 Å². The van der Waals surface area contributed by atoms with Gasteiger partial charge in [0.2, 0.25) is 5.91 Å². The molecule has 0 spiro atoms. The lowest BCUT2D eigenvalue weighted by Gasteiger charge is -2.33. The number of aromatic nitrogens is 1. The third-order valence-corrected chi connectivity index (χ3v) is 3.28. The van der Waals surface area contributed by atoms with Crippen molar-refractivity contribution >= 4 is 30.7 Å². The van der Waals surface area contributed by atoms with E-state index in [-0.39, 0.29) is 30.7 Å². The standard InChI is InChI=1S/C13H19N3O.2ClH/c1-13(7-3-5-9-16-13)12(17)15-10-11-6-2-4-8-14-11;;/h2,4,6,8,16H,3,5,7,9-10H2,1H3,(H,15,17);2*1H. The molecule has 1 aliphatic rings. The van der Waals surface area contributed by atoms with E-state index in [0.717, 1.165) is 31.5 Å². The summed E-state index contributed by atoms with van der Waals surface area (Å²) in [4.78, 5) is 16.3. The molecule has 1 saturated heterocycles. The van der Waals surface area contributed by atoms with Crippen molar-refractivity contribution in [3.05, 3.63) is 30.1 Å². The smallest absolute Gasteiger partial charge is 0.240 e. The molecule has 2 N–H and O–H groups in total. The zero-order chi connectivity index (χ0) is 12.1. The highest BCUT2D eigenvalue weighted by Gasteiger charge is 2.33. The van der Waals surface area contributed by atoms with Crippen LogP contribution in [0, 0.1) is 0 Å². The van der Waals surface area contributed by atoms with Gasteiger partial charge in [0.1, 0.15) is 0 Å². The van der Waals surface area contributed by atoms with Gasteiger partial charge in [0.25, 0.3) is 0 Å². The highest BCUT2D eigenvalue weighted by molar-refractivity contribution is 5.86. The van der Waals surface area contributed by atoms with Crippen LogP contribution in [0.4, 0.5) is 0 Å². The van der Waals surface area contributed by atoms with Crippen LogP contribution in [0.1, 0.15) is 31.9 Å². The molecular weight excluding hydrogens is 285 g/mol. The Kier molecular flexibility index (Phi) is 7.99. The summed E-state index contributed by atoms with van der Waals surface area (Å²) in [6, 6.07) is 5.71. The average molecular weight is 306 g/mol. The largest absolute Gasteiger partial charge is 0.349 e. The number of nitrogens with zero attached hydrogens (tertiary/aromatic N) is 1. The Hall–Kier alpha value is -0.840. The summed E-state index contributed by atoms with van der Waals surface area (Å²) in [6.07, 6.45) is 4.91. The Morgan fingerprint density at radius 1 is 1.42 bits per heavy atom. The third-order valence-electron chi connectivity index (χ3n) is 3.28. The third kappa shape index (κ3) is 4.97. The normalized spacial score (nSPS) is 21.7. The van der Waals surface area contributed by atoms with Crippen molar-refractivity contribution in [1.29, 1.82) is 0 Å². The minimum absolute atomic E-state index is 0. The van der Waals surface area contributed by atoms with Crippen LogP contribution in [0.25, 0.3) is 0 Å². The number of carbonyl (C=O) groups is 1. The molecule has 2 heterocycles. The molecule has 1 amide bonds. The van der Waals surface area contributed by atoms with Gasteiger partial charge in [-0.1, -0.05) is 6.07 Å². The minimum Gasteiger partial charge on any atom is -0.349 e. The number of hydrogen-bond acceptors (Lipinski definition) is 3. The molecule has 1 aliphatic heterocycles. The van der Waals surface area contributed by atoms with E-state index in [1.165, 1.54) is 0 Å². The first-order valence-corrected chi connectivity index (χ1v) is 6.14. The van der Waals surface area contributed by atoms with Gasteiger partial charge in [0.05, 0.1) is 17.8 Å². The summed E-state index contributed by atoms with van der Waals surface area (Å²) < 4.78 is 0. The average Bonchev–Trinajstić information content (AvgIpc) is 2.38. The molecule has 0 bridgehead atoms. The van der Waals surface area contributed by atoms with E-state index in [4.69, 9.17) is 0 Å². The summed E-state index contributed by atoms with van der Waals surface area (Å²) in [5.74, 6) is 0.0721. The first-order chi connectivity index (χ1) is 8.21. The zero-order valence-corrected chi connectivity index (χ0v) is 12.6. The van der Waals surface area contributed by atoms with Crippen LogP contribution in [-0.2, 0) is 11.3 Å². The van der Waals surface area contributed by atoms with Gasteiger partial charge in [-0.2, -0.15) is 0 Å². The number of piperidine rings is 1. The van der Waals surface area contributed by atoms with Crippen LogP contribution in [0.3, 0.4) is 0 Å². The van der Waals surface area contributed by atoms with Crippen LogP contribution >= 0.6 is 24.8 Å². The van der Waals surface area contributed by atoms with Crippen molar-refractivity contribution in [2.24, 2.45) is 0 Å². The summed E-state index contributed by atoms with van der Waals surface area (Å²) in [6.45, 7) is 3.39. The van der Waals surface area contributed by atoms with E-state index < -0.39 is 5.54 Å². The van der Waals surface area contributed by atoms with Crippen molar-refractivity contribution in [2.75, 3.05) is 6.54 Å². The monoisotopic (exact) mass is 305 g/mol. The number of rotatable bonds is 3. The highest BCUT2D eigenvalue weighted by Crippen LogP contribution is 2.18. The maximum atomic E-state index is 12.1. The fourth-order valence-corrected chi connectivity index (χ4v) is 2.12. The maximum Gasteiger partial charge on any atom is 0.240 e. The van der Waals surface area contributed by atoms with Crippen LogP contribution in [-0.4, -0.2) is 23.0 Å². The van der Waals surface area contributed by atoms with Gasteiger partial charge in [0.15, 0.2) is 0 Å². The zero-order valence-electron chi connectivity index (χ0n) is 11.0. The topological polar surface area (TPSA) is 54.0 Å². The Balaban J connectivity index is 0.00000162. The molecule has 0 saturated carbocycles. The van der Waals surface area contributed by atoms with Crippen LogP contribution in [0.15, 0.2) is 24.4 Å². The molecule has 1 atom stereocenters. The Morgan fingerprint density at radius 2 is 2.21 bits per heavy atom. The number of halogens is 2. The predicted molar refractivity (Wildman–Crippen MR) is 80.8 cm³/mol. The molecule has 1 fully saturated rings. The van der Waals surface area contributed by atoms with Gasteiger partial charge < -0.3 is 10.6 Å². The molecule has 108 valence electrons. The SMILES string of the molecule is CC1(C(=O)NCc2ccccn2)CCCCN1.Cl.Cl. The van der Waals surface area contributed by atoms with Gasteiger partial charge in [-0.3, -0.25) is 9.78 Å². The van der Waals surface area contributed by atoms with E-state index in [1.807, 2.05) is 25.1 Å². The molecule has 1 unspecified atom stereocenters. The maximum absolute atomic E-state index is 12.1. The highest BCUT2D eigenvalue weighted by atomic mass is 35.5. The number of hydrogen-bond donors (Lipinski definition) is 2. The second-order valence-electron chi connectivity index (χ2n) is 4.72. The lowest BCUT2D eigenvalue weighted by molar-refractivity contribution is -0.128. The second kappa shape index (κ2) is 8.35. The van der Waals surface area contributed by atoms with Gasteiger partial charge in [0, 0.05) is 6.20 Å². The molecule has 6 heteroatoms. The first kappa shape index (κ1) is 18.2. The molecule has 2 rings (SSSR count). The first-order valence-electron chi connectivity index (χ1n) is 6.14. The van der Waals surface area contributed by atoms with Crippen molar-refractivity contribution < 1.29 is 4.79 Å². The van der Waals surface area contributed by atoms with Gasteiger partial charge >= 0.3 is 0 Å². The quantitative estimate of drug-likeness (QED) is 0.899. The number of pyridine rings is 1. The molecular formula is C13H21Cl2N3O. The Morgan fingerprint density at radius 3 is 2.79 bits per heavy atom. The van der Waals surface area contributed by atoms with Gasteiger partial charge in [-0.25, -0.2) is 0 Å². The van der Waals surface area contributed by atoms with Crippen molar-refractivity contribution in [1.82, 2.24) is 15.6 Å². The molecule has 0 radical (unpaired) electrons. The lowest BCUT2D eigenvalue weighted by atomic mass is 9.90. The van der Waals surface area contributed by atoms with Crippen LogP contribution in [0.5, 0.6) is 0 Å². The summed E-state index contributed by atoms with van der Waals surface area (Å²) in [5.41, 5.74) is 0.479. The van der Waals surface area contributed by atoms with Crippen LogP contribution in [0.2, 0.25) is 0 Å². The fraction of sp³-hybridized carbons (Fsp3) is 0.538. The van der Waals surface area contributed by atoms with E-state index in [2.05, 4.69) is 15.6 Å². The lowest BCUT2D eigenvalue weighted by Crippen LogP contribution is -2.56. The van der Waals surface area contributed by atoms with E-state index >= 15 is 0 Å². The minimum atomic E-state index is -0.410. The second-order valence-corrected chi connectivity index (χ2v) is 4.72. The molecule has 0 aromatic carbocycles. The van der Waals surface area contributed by atoms with Gasteiger partial charge in [-0.05, 0) is 44.9 Å². The molecule has 0 aliphatic carbocycles. The number of nitrogens with one attached hydrogen (secondary N) is 2.